The number of ether oxygens (including phenoxy) is 1. The predicted octanol–water partition coefficient (Wildman–Crippen LogP) is 6.53. The molecule has 0 spiro atoms. The van der Waals surface area contributed by atoms with Gasteiger partial charge in [-0.3, -0.25) is 14.5 Å². The topological polar surface area (TPSA) is 89.3 Å². The number of aliphatic hydroxyl groups is 1. The van der Waals surface area contributed by atoms with Crippen LogP contribution in [0.25, 0.3) is 11.1 Å². The summed E-state index contributed by atoms with van der Waals surface area (Å²) < 4.78 is 7.35. The third kappa shape index (κ3) is 6.25. The molecule has 40 heavy (non-hydrogen) atoms. The van der Waals surface area contributed by atoms with E-state index in [-0.39, 0.29) is 29.7 Å². The van der Waals surface area contributed by atoms with Crippen molar-refractivity contribution >= 4 is 5.91 Å². The van der Waals surface area contributed by atoms with E-state index in [1.807, 2.05) is 29.9 Å². The van der Waals surface area contributed by atoms with Crippen molar-refractivity contribution in [3.05, 3.63) is 65.7 Å². The van der Waals surface area contributed by atoms with E-state index >= 15 is 0 Å². The van der Waals surface area contributed by atoms with Crippen molar-refractivity contribution in [2.24, 2.45) is 11.8 Å². The lowest BCUT2D eigenvalue weighted by molar-refractivity contribution is -0.127. The number of aromatic nitrogens is 3. The number of amides is 1. The second-order valence-electron chi connectivity index (χ2n) is 12.0. The number of pyridine rings is 1. The predicted molar refractivity (Wildman–Crippen MR) is 157 cm³/mol. The minimum absolute atomic E-state index is 0.0243. The number of benzene rings is 1. The quantitative estimate of drug-likeness (QED) is 0.337. The van der Waals surface area contributed by atoms with Gasteiger partial charge in [0.05, 0.1) is 31.1 Å². The number of hydrogen-bond acceptors (Lipinski definition) is 5. The van der Waals surface area contributed by atoms with E-state index in [4.69, 9.17) is 9.72 Å². The second kappa shape index (κ2) is 12.5. The van der Waals surface area contributed by atoms with Gasteiger partial charge in [-0.1, -0.05) is 37.5 Å². The van der Waals surface area contributed by atoms with Crippen molar-refractivity contribution in [2.45, 2.75) is 96.2 Å². The van der Waals surface area contributed by atoms with Gasteiger partial charge in [0.15, 0.2) is 0 Å². The van der Waals surface area contributed by atoms with E-state index in [0.717, 1.165) is 72.4 Å². The molecule has 0 radical (unpaired) electrons. The Morgan fingerprint density at radius 3 is 2.55 bits per heavy atom. The van der Waals surface area contributed by atoms with Gasteiger partial charge in [-0.05, 0) is 88.1 Å². The SMILES string of the molecule is COc1ccc(C2CCC(C(NC(=O)C3CCCCC3)c3cccc(-c4cnn(C(C)C)c4)c3)CC2O)nc1C. The maximum Gasteiger partial charge on any atom is 0.223 e. The smallest absolute Gasteiger partial charge is 0.223 e. The first-order valence-corrected chi connectivity index (χ1v) is 15.0. The number of rotatable bonds is 8. The van der Waals surface area contributed by atoms with Crippen LogP contribution in [0.1, 0.15) is 100 Å². The van der Waals surface area contributed by atoms with Gasteiger partial charge in [0.2, 0.25) is 5.91 Å². The molecule has 0 saturated heterocycles. The van der Waals surface area contributed by atoms with Crippen LogP contribution in [0, 0.1) is 18.8 Å². The van der Waals surface area contributed by atoms with Crippen LogP contribution in [0.4, 0.5) is 0 Å². The van der Waals surface area contributed by atoms with Crippen LogP contribution in [0.2, 0.25) is 0 Å². The number of nitrogens with zero attached hydrogens (tertiary/aromatic N) is 3. The van der Waals surface area contributed by atoms with Crippen molar-refractivity contribution in [1.29, 1.82) is 0 Å². The molecular weight excluding hydrogens is 500 g/mol. The minimum atomic E-state index is -0.527. The van der Waals surface area contributed by atoms with Gasteiger partial charge in [-0.15, -0.1) is 0 Å². The third-order valence-corrected chi connectivity index (χ3v) is 8.97. The van der Waals surface area contributed by atoms with E-state index in [1.165, 1.54) is 6.42 Å². The summed E-state index contributed by atoms with van der Waals surface area (Å²) in [6.07, 6.45) is 11.2. The molecule has 1 amide bonds. The molecule has 0 aliphatic heterocycles. The van der Waals surface area contributed by atoms with Crippen LogP contribution in [-0.4, -0.2) is 39.0 Å². The Balaban J connectivity index is 1.40. The van der Waals surface area contributed by atoms with Crippen LogP contribution in [0.5, 0.6) is 5.75 Å². The largest absolute Gasteiger partial charge is 0.495 e. The number of aliphatic hydroxyl groups excluding tert-OH is 1. The number of aryl methyl sites for hydroxylation is 1. The minimum Gasteiger partial charge on any atom is -0.495 e. The fourth-order valence-electron chi connectivity index (χ4n) is 6.61. The number of carbonyl (C=O) groups excluding carboxylic acids is 1. The van der Waals surface area contributed by atoms with E-state index in [1.54, 1.807) is 7.11 Å². The van der Waals surface area contributed by atoms with Crippen molar-refractivity contribution in [3.63, 3.8) is 0 Å². The first-order valence-electron chi connectivity index (χ1n) is 15.0. The molecule has 2 aliphatic rings. The highest BCUT2D eigenvalue weighted by atomic mass is 16.5. The summed E-state index contributed by atoms with van der Waals surface area (Å²) >= 11 is 0. The van der Waals surface area contributed by atoms with Gasteiger partial charge < -0.3 is 15.2 Å². The van der Waals surface area contributed by atoms with E-state index < -0.39 is 6.10 Å². The highest BCUT2D eigenvalue weighted by Crippen LogP contribution is 2.42. The molecular formula is C33H44N4O3. The fourth-order valence-corrected chi connectivity index (χ4v) is 6.61. The Morgan fingerprint density at radius 1 is 1.07 bits per heavy atom. The van der Waals surface area contributed by atoms with Gasteiger partial charge in [-0.2, -0.15) is 5.10 Å². The third-order valence-electron chi connectivity index (χ3n) is 8.97. The van der Waals surface area contributed by atoms with Crippen molar-refractivity contribution in [2.75, 3.05) is 7.11 Å². The zero-order chi connectivity index (χ0) is 28.2. The molecule has 2 aliphatic carbocycles. The van der Waals surface area contributed by atoms with Gasteiger partial charge in [0.25, 0.3) is 0 Å². The lowest BCUT2D eigenvalue weighted by Gasteiger charge is -2.38. The van der Waals surface area contributed by atoms with E-state index in [0.29, 0.717) is 12.5 Å². The summed E-state index contributed by atoms with van der Waals surface area (Å²) in [6, 6.07) is 12.5. The van der Waals surface area contributed by atoms with Gasteiger partial charge >= 0.3 is 0 Å². The van der Waals surface area contributed by atoms with Crippen LogP contribution in [0.15, 0.2) is 48.8 Å². The van der Waals surface area contributed by atoms with Crippen LogP contribution < -0.4 is 10.1 Å². The van der Waals surface area contributed by atoms with Gasteiger partial charge in [0, 0.05) is 35.3 Å². The zero-order valence-electron chi connectivity index (χ0n) is 24.3. The average Bonchev–Trinajstić information content (AvgIpc) is 3.47. The lowest BCUT2D eigenvalue weighted by atomic mass is 9.73. The number of methoxy groups -OCH3 is 1. The van der Waals surface area contributed by atoms with E-state index in [2.05, 4.69) is 54.7 Å². The Hall–Kier alpha value is -3.19. The van der Waals surface area contributed by atoms with E-state index in [9.17, 15) is 9.90 Å². The van der Waals surface area contributed by atoms with Crippen LogP contribution in [0.3, 0.4) is 0 Å². The zero-order valence-corrected chi connectivity index (χ0v) is 24.3. The number of nitrogens with one attached hydrogen (secondary N) is 1. The van der Waals surface area contributed by atoms with Crippen LogP contribution in [-0.2, 0) is 4.79 Å². The summed E-state index contributed by atoms with van der Waals surface area (Å²) in [5.74, 6) is 1.11. The summed E-state index contributed by atoms with van der Waals surface area (Å²) in [5, 5.41) is 19.4. The van der Waals surface area contributed by atoms with Crippen molar-refractivity contribution in [3.8, 4) is 16.9 Å². The summed E-state index contributed by atoms with van der Waals surface area (Å²) in [7, 11) is 1.65. The molecule has 7 nitrogen and oxygen atoms in total. The van der Waals surface area contributed by atoms with Gasteiger partial charge in [-0.25, -0.2) is 0 Å². The molecule has 5 rings (SSSR count). The van der Waals surface area contributed by atoms with Crippen molar-refractivity contribution in [1.82, 2.24) is 20.1 Å². The molecule has 2 N–H and O–H groups in total. The molecule has 214 valence electrons. The molecule has 2 saturated carbocycles. The fraction of sp³-hybridized carbons (Fsp3) is 0.545. The maximum absolute atomic E-state index is 13.5. The first-order chi connectivity index (χ1) is 19.3. The highest BCUT2D eigenvalue weighted by molar-refractivity contribution is 5.79. The monoisotopic (exact) mass is 544 g/mol. The molecule has 2 heterocycles. The molecule has 4 atom stereocenters. The summed E-state index contributed by atoms with van der Waals surface area (Å²) in [6.45, 7) is 6.18. The Labute approximate surface area is 238 Å². The lowest BCUT2D eigenvalue weighted by Crippen LogP contribution is -2.41. The van der Waals surface area contributed by atoms with Crippen LogP contribution >= 0.6 is 0 Å². The molecule has 7 heteroatoms. The molecule has 0 bridgehead atoms. The number of hydrogen-bond donors (Lipinski definition) is 2. The Kier molecular flexibility index (Phi) is 8.89. The maximum atomic E-state index is 13.5. The molecule has 4 unspecified atom stereocenters. The second-order valence-corrected chi connectivity index (χ2v) is 12.0. The highest BCUT2D eigenvalue weighted by Gasteiger charge is 2.37. The Morgan fingerprint density at radius 2 is 1.88 bits per heavy atom. The summed E-state index contributed by atoms with van der Waals surface area (Å²) in [5.41, 5.74) is 5.00. The normalized spacial score (nSPS) is 22.7. The first kappa shape index (κ1) is 28.3. The number of carbonyl (C=O) groups is 1. The van der Waals surface area contributed by atoms with Gasteiger partial charge in [0.1, 0.15) is 5.75 Å². The molecule has 1 aromatic carbocycles. The standard InChI is InChI=1S/C33H44N4O3/c1-21(2)37-20-27(19-34-37)24-11-8-12-25(17-24)32(36-33(39)23-9-6-5-7-10-23)26-13-14-28(30(38)18-26)29-15-16-31(40-4)22(3)35-29/h8,11-12,15-17,19-21,23,26,28,30,32,38H,5-7,9-10,13-14,18H2,1-4H3,(H,36,39). The Bertz CT molecular complexity index is 1300. The van der Waals surface area contributed by atoms with Crippen molar-refractivity contribution < 1.29 is 14.6 Å². The molecule has 2 fully saturated rings. The molecule has 2 aromatic heterocycles. The summed E-state index contributed by atoms with van der Waals surface area (Å²) in [4.78, 5) is 18.3. The average molecular weight is 545 g/mol. The molecule has 3 aromatic rings.